The summed E-state index contributed by atoms with van der Waals surface area (Å²) in [5.74, 6) is 0.115. The highest BCUT2D eigenvalue weighted by atomic mass is 35.5. The number of allylic oxidation sites excluding steroid dienone is 3. The molecule has 0 fully saturated rings. The van der Waals surface area contributed by atoms with Gasteiger partial charge in [-0.2, -0.15) is 5.10 Å². The van der Waals surface area contributed by atoms with Gasteiger partial charge < -0.3 is 5.32 Å². The Morgan fingerprint density at radius 1 is 1.22 bits per heavy atom. The first-order chi connectivity index (χ1) is 13.1. The van der Waals surface area contributed by atoms with Gasteiger partial charge in [0.05, 0.1) is 10.7 Å². The summed E-state index contributed by atoms with van der Waals surface area (Å²) in [5.41, 5.74) is 2.47. The van der Waals surface area contributed by atoms with Crippen molar-refractivity contribution in [3.05, 3.63) is 83.3 Å². The quantitative estimate of drug-likeness (QED) is 0.452. The van der Waals surface area contributed by atoms with Gasteiger partial charge in [0.2, 0.25) is 0 Å². The van der Waals surface area contributed by atoms with Crippen molar-refractivity contribution in [2.24, 2.45) is 4.99 Å². The molecule has 1 heterocycles. The summed E-state index contributed by atoms with van der Waals surface area (Å²) in [6.07, 6.45) is 5.99. The molecule has 1 N–H and O–H groups in total. The maximum atomic E-state index is 13.4. The van der Waals surface area contributed by atoms with E-state index >= 15 is 0 Å². The van der Waals surface area contributed by atoms with Crippen LogP contribution in [0.15, 0.2) is 71.8 Å². The highest BCUT2D eigenvalue weighted by Gasteiger charge is 2.11. The van der Waals surface area contributed by atoms with E-state index in [1.165, 1.54) is 12.1 Å². The second-order valence-electron chi connectivity index (χ2n) is 5.82. The molecular weight excluding hydrogens is 363 g/mol. The van der Waals surface area contributed by atoms with E-state index in [1.54, 1.807) is 25.4 Å². The van der Waals surface area contributed by atoms with Crippen molar-refractivity contribution in [3.63, 3.8) is 0 Å². The Balaban J connectivity index is 1.99. The van der Waals surface area contributed by atoms with Crippen molar-refractivity contribution in [2.75, 3.05) is 12.4 Å². The third-order valence-electron chi connectivity index (χ3n) is 4.02. The zero-order valence-electron chi connectivity index (χ0n) is 14.8. The Bertz CT molecular complexity index is 1040. The van der Waals surface area contributed by atoms with Crippen molar-refractivity contribution < 1.29 is 4.39 Å². The summed E-state index contributed by atoms with van der Waals surface area (Å²) in [6, 6.07) is 12.3. The van der Waals surface area contributed by atoms with E-state index < -0.39 is 5.82 Å². The van der Waals surface area contributed by atoms with Crippen molar-refractivity contribution in [2.45, 2.75) is 6.42 Å². The van der Waals surface area contributed by atoms with E-state index in [1.807, 2.05) is 30.3 Å². The number of nitrogens with one attached hydrogen (secondary N) is 1. The summed E-state index contributed by atoms with van der Waals surface area (Å²) in [6.45, 7) is 3.85. The fraction of sp³-hybridized carbons (Fsp3) is 0.0952. The van der Waals surface area contributed by atoms with Crippen LogP contribution in [0.4, 0.5) is 15.9 Å². The van der Waals surface area contributed by atoms with Crippen LogP contribution in [0.5, 0.6) is 0 Å². The predicted octanol–water partition coefficient (Wildman–Crippen LogP) is 5.52. The third kappa shape index (κ3) is 4.38. The van der Waals surface area contributed by atoms with Gasteiger partial charge in [-0.3, -0.25) is 4.99 Å². The minimum Gasteiger partial charge on any atom is -0.338 e. The summed E-state index contributed by atoms with van der Waals surface area (Å²) in [7, 11) is 1.72. The second-order valence-corrected chi connectivity index (χ2v) is 6.23. The van der Waals surface area contributed by atoms with Crippen LogP contribution in [0.2, 0.25) is 5.02 Å². The standard InChI is InChI=1S/C21H18ClFN4/c1-3-14(10-11-24-2)12-20-16-6-4-5-7-17(16)21(27-26-20)25-15-8-9-19(23)18(22)13-15/h3-11,13H,1,12H2,2H3,(H,25,27)/b14-10+,24-11?. The molecule has 0 atom stereocenters. The zero-order valence-corrected chi connectivity index (χ0v) is 15.5. The third-order valence-corrected chi connectivity index (χ3v) is 4.31. The lowest BCUT2D eigenvalue weighted by Crippen LogP contribution is -2.02. The van der Waals surface area contributed by atoms with Crippen LogP contribution in [-0.2, 0) is 6.42 Å². The molecule has 0 spiro atoms. The number of aliphatic imine (C=N–C) groups is 1. The number of hydrogen-bond acceptors (Lipinski definition) is 4. The normalized spacial score (nSPS) is 11.9. The van der Waals surface area contributed by atoms with Gasteiger partial charge in [-0.05, 0) is 29.8 Å². The van der Waals surface area contributed by atoms with Gasteiger partial charge in [0.25, 0.3) is 0 Å². The van der Waals surface area contributed by atoms with Crippen LogP contribution >= 0.6 is 11.6 Å². The van der Waals surface area contributed by atoms with E-state index in [-0.39, 0.29) is 5.02 Å². The van der Waals surface area contributed by atoms with E-state index in [0.717, 1.165) is 22.0 Å². The van der Waals surface area contributed by atoms with E-state index in [2.05, 4.69) is 27.1 Å². The maximum absolute atomic E-state index is 13.4. The number of anilines is 2. The van der Waals surface area contributed by atoms with Crippen LogP contribution in [0.1, 0.15) is 5.69 Å². The number of fused-ring (bicyclic) bond motifs is 1. The Morgan fingerprint density at radius 2 is 2.00 bits per heavy atom. The lowest BCUT2D eigenvalue weighted by molar-refractivity contribution is 0.628. The summed E-state index contributed by atoms with van der Waals surface area (Å²) in [5, 5.41) is 13.8. The van der Waals surface area contributed by atoms with Crippen molar-refractivity contribution >= 4 is 40.1 Å². The minimum absolute atomic E-state index is 0.0484. The van der Waals surface area contributed by atoms with Crippen molar-refractivity contribution in [3.8, 4) is 0 Å². The van der Waals surface area contributed by atoms with Gasteiger partial charge in [0, 0.05) is 36.1 Å². The average molecular weight is 381 g/mol. The average Bonchev–Trinajstić information content (AvgIpc) is 2.69. The lowest BCUT2D eigenvalue weighted by Gasteiger charge is -2.11. The molecule has 0 bridgehead atoms. The monoisotopic (exact) mass is 380 g/mol. The highest BCUT2D eigenvalue weighted by Crippen LogP contribution is 2.28. The zero-order chi connectivity index (χ0) is 19.2. The van der Waals surface area contributed by atoms with Gasteiger partial charge in [-0.25, -0.2) is 4.39 Å². The molecule has 0 aliphatic heterocycles. The first-order valence-electron chi connectivity index (χ1n) is 8.32. The number of aromatic nitrogens is 2. The molecule has 2 aromatic carbocycles. The summed E-state index contributed by atoms with van der Waals surface area (Å²) < 4.78 is 13.4. The van der Waals surface area contributed by atoms with E-state index in [0.29, 0.717) is 17.9 Å². The number of rotatable bonds is 6. The minimum atomic E-state index is -0.465. The number of benzene rings is 2. The van der Waals surface area contributed by atoms with Crippen LogP contribution in [0.25, 0.3) is 10.8 Å². The Kier molecular flexibility index (Phi) is 5.94. The molecule has 27 heavy (non-hydrogen) atoms. The molecule has 0 amide bonds. The van der Waals surface area contributed by atoms with Crippen molar-refractivity contribution in [1.82, 2.24) is 10.2 Å². The van der Waals surface area contributed by atoms with Crippen LogP contribution in [0, 0.1) is 5.82 Å². The fourth-order valence-corrected chi connectivity index (χ4v) is 2.84. The second kappa shape index (κ2) is 8.56. The molecule has 0 aliphatic rings. The highest BCUT2D eigenvalue weighted by molar-refractivity contribution is 6.31. The lowest BCUT2D eigenvalue weighted by atomic mass is 10.0. The fourth-order valence-electron chi connectivity index (χ4n) is 2.66. The molecular formula is C21H18ClFN4. The number of hydrogen-bond donors (Lipinski definition) is 1. The molecule has 0 saturated carbocycles. The Labute approximate surface area is 162 Å². The van der Waals surface area contributed by atoms with Gasteiger partial charge in [0.15, 0.2) is 5.82 Å². The van der Waals surface area contributed by atoms with Crippen LogP contribution in [-0.4, -0.2) is 23.5 Å². The molecule has 0 radical (unpaired) electrons. The number of halogens is 2. The molecule has 1 aromatic heterocycles. The topological polar surface area (TPSA) is 50.2 Å². The molecule has 6 heteroatoms. The Morgan fingerprint density at radius 3 is 2.70 bits per heavy atom. The first kappa shape index (κ1) is 18.7. The van der Waals surface area contributed by atoms with E-state index in [9.17, 15) is 4.39 Å². The summed E-state index contributed by atoms with van der Waals surface area (Å²) >= 11 is 5.86. The molecule has 0 aliphatic carbocycles. The van der Waals surface area contributed by atoms with Gasteiger partial charge in [0.1, 0.15) is 5.82 Å². The molecule has 136 valence electrons. The van der Waals surface area contributed by atoms with Gasteiger partial charge in [-0.1, -0.05) is 48.5 Å². The number of nitrogens with zero attached hydrogens (tertiary/aromatic N) is 3. The van der Waals surface area contributed by atoms with Crippen molar-refractivity contribution in [1.29, 1.82) is 0 Å². The van der Waals surface area contributed by atoms with Gasteiger partial charge in [-0.15, -0.1) is 5.10 Å². The molecule has 3 rings (SSSR count). The Hall–Kier alpha value is -3.05. The predicted molar refractivity (Wildman–Crippen MR) is 111 cm³/mol. The summed E-state index contributed by atoms with van der Waals surface area (Å²) in [4.78, 5) is 3.97. The van der Waals surface area contributed by atoms with Crippen LogP contribution in [0.3, 0.4) is 0 Å². The molecule has 4 nitrogen and oxygen atoms in total. The van der Waals surface area contributed by atoms with E-state index in [4.69, 9.17) is 11.6 Å². The molecule has 0 unspecified atom stereocenters. The first-order valence-corrected chi connectivity index (χ1v) is 8.70. The smallest absolute Gasteiger partial charge is 0.160 e. The largest absolute Gasteiger partial charge is 0.338 e. The molecule has 3 aromatic rings. The van der Waals surface area contributed by atoms with Crippen LogP contribution < -0.4 is 5.32 Å². The molecule has 0 saturated heterocycles. The van der Waals surface area contributed by atoms with Gasteiger partial charge >= 0.3 is 0 Å². The SMILES string of the molecule is C=C/C(=C\C=NC)Cc1nnc(Nc2ccc(F)c(Cl)c2)c2ccccc12. The maximum Gasteiger partial charge on any atom is 0.160 e.